The summed E-state index contributed by atoms with van der Waals surface area (Å²) < 4.78 is 0.476. The van der Waals surface area contributed by atoms with E-state index in [2.05, 4.69) is 5.32 Å². The summed E-state index contributed by atoms with van der Waals surface area (Å²) in [4.78, 5) is 11.8. The molecular weight excluding hydrogens is 280 g/mol. The molecule has 5 nitrogen and oxygen atoms in total. The van der Waals surface area contributed by atoms with E-state index in [0.29, 0.717) is 15.3 Å². The molecule has 0 saturated heterocycles. The first-order valence-electron chi connectivity index (χ1n) is 5.98. The van der Waals surface area contributed by atoms with E-state index in [4.69, 9.17) is 11.6 Å². The lowest BCUT2D eigenvalue weighted by Gasteiger charge is -2.12. The lowest BCUT2D eigenvalue weighted by Crippen LogP contribution is -2.40. The molecule has 0 aliphatic rings. The van der Waals surface area contributed by atoms with Gasteiger partial charge in [0.05, 0.1) is 6.10 Å². The van der Waals surface area contributed by atoms with Crippen LogP contribution in [0.25, 0.3) is 0 Å². The van der Waals surface area contributed by atoms with E-state index in [1.807, 2.05) is 0 Å². The van der Waals surface area contributed by atoms with Crippen LogP contribution in [-0.4, -0.2) is 17.6 Å². The van der Waals surface area contributed by atoms with Crippen LogP contribution in [0.2, 0.25) is 5.02 Å². The van der Waals surface area contributed by atoms with Gasteiger partial charge in [-0.05, 0) is 23.8 Å². The summed E-state index contributed by atoms with van der Waals surface area (Å²) in [5, 5.41) is 24.4. The van der Waals surface area contributed by atoms with Crippen molar-refractivity contribution in [3.8, 4) is 0 Å². The molecule has 0 bridgehead atoms. The van der Waals surface area contributed by atoms with Gasteiger partial charge in [-0.1, -0.05) is 23.7 Å². The van der Waals surface area contributed by atoms with E-state index < -0.39 is 12.0 Å². The number of aromatic nitrogens is 1. The smallest absolute Gasteiger partial charge is 0.317 e. The number of amides is 1. The van der Waals surface area contributed by atoms with Gasteiger partial charge in [0.1, 0.15) is 0 Å². The van der Waals surface area contributed by atoms with Gasteiger partial charge in [-0.2, -0.15) is 4.73 Å². The van der Waals surface area contributed by atoms with Gasteiger partial charge in [0.15, 0.2) is 6.20 Å². The van der Waals surface area contributed by atoms with Crippen molar-refractivity contribution >= 4 is 17.5 Å². The molecule has 6 heteroatoms. The average molecular weight is 293 g/mol. The minimum atomic E-state index is -0.861. The molecule has 0 saturated carbocycles. The van der Waals surface area contributed by atoms with Crippen molar-refractivity contribution in [1.82, 2.24) is 5.32 Å². The minimum absolute atomic E-state index is 0.00929. The molecule has 0 aliphatic carbocycles. The highest BCUT2D eigenvalue weighted by Gasteiger charge is 2.16. The molecule has 20 heavy (non-hydrogen) atoms. The van der Waals surface area contributed by atoms with Crippen molar-refractivity contribution in [2.75, 3.05) is 6.54 Å². The van der Waals surface area contributed by atoms with Gasteiger partial charge in [-0.15, -0.1) is 0 Å². The molecular formula is C14H13ClN2O3. The van der Waals surface area contributed by atoms with Crippen LogP contribution in [0.4, 0.5) is 0 Å². The van der Waals surface area contributed by atoms with Crippen LogP contribution in [0, 0.1) is 5.21 Å². The Morgan fingerprint density at radius 2 is 2.00 bits per heavy atom. The fourth-order valence-corrected chi connectivity index (χ4v) is 1.81. The van der Waals surface area contributed by atoms with Gasteiger partial charge in [0, 0.05) is 23.7 Å². The van der Waals surface area contributed by atoms with Crippen molar-refractivity contribution in [2.24, 2.45) is 0 Å². The van der Waals surface area contributed by atoms with Crippen molar-refractivity contribution in [3.63, 3.8) is 0 Å². The molecule has 2 rings (SSSR count). The van der Waals surface area contributed by atoms with E-state index in [1.54, 1.807) is 30.3 Å². The molecule has 0 radical (unpaired) electrons. The van der Waals surface area contributed by atoms with Crippen LogP contribution in [-0.2, 0) is 0 Å². The van der Waals surface area contributed by atoms with Crippen molar-refractivity contribution in [2.45, 2.75) is 6.10 Å². The van der Waals surface area contributed by atoms with Gasteiger partial charge >= 0.3 is 5.91 Å². The molecule has 0 unspecified atom stereocenters. The highest BCUT2D eigenvalue weighted by molar-refractivity contribution is 6.30. The second-order valence-corrected chi connectivity index (χ2v) is 4.63. The number of pyridine rings is 1. The topological polar surface area (TPSA) is 76.3 Å². The van der Waals surface area contributed by atoms with E-state index in [0.717, 1.165) is 0 Å². The van der Waals surface area contributed by atoms with Crippen LogP contribution < -0.4 is 10.0 Å². The number of benzene rings is 1. The standard InChI is InChI=1S/C14H13ClN2O3/c15-11-6-4-10(5-7-11)13(18)9-16-14(19)12-3-1-2-8-17(12)20/h1-8,13,18H,9H2,(H,16,19)/t13-/m0/s1. The monoisotopic (exact) mass is 292 g/mol. The van der Waals surface area contributed by atoms with E-state index in [9.17, 15) is 15.1 Å². The number of carbonyl (C=O) groups is 1. The third-order valence-electron chi connectivity index (χ3n) is 2.77. The van der Waals surface area contributed by atoms with E-state index >= 15 is 0 Å². The first kappa shape index (κ1) is 14.3. The summed E-state index contributed by atoms with van der Waals surface area (Å²) in [6.07, 6.45) is 0.380. The number of nitrogens with one attached hydrogen (secondary N) is 1. The highest BCUT2D eigenvalue weighted by Crippen LogP contribution is 2.15. The SMILES string of the molecule is O=C(NC[C@H](O)c1ccc(Cl)cc1)c1cccc[n+]1[O-]. The number of hydrogen-bond acceptors (Lipinski definition) is 3. The number of rotatable bonds is 4. The minimum Gasteiger partial charge on any atom is -0.618 e. The van der Waals surface area contributed by atoms with Crippen molar-refractivity contribution in [1.29, 1.82) is 0 Å². The number of aliphatic hydroxyl groups is 1. The molecule has 1 atom stereocenters. The second-order valence-electron chi connectivity index (χ2n) is 4.19. The number of hydrogen-bond donors (Lipinski definition) is 2. The molecule has 1 amide bonds. The zero-order valence-electron chi connectivity index (χ0n) is 10.5. The van der Waals surface area contributed by atoms with Crippen LogP contribution in [0.1, 0.15) is 22.2 Å². The molecule has 2 aromatic rings. The van der Waals surface area contributed by atoms with E-state index in [1.165, 1.54) is 18.3 Å². The summed E-state index contributed by atoms with van der Waals surface area (Å²) in [5.41, 5.74) is 0.619. The average Bonchev–Trinajstić information content (AvgIpc) is 2.45. The highest BCUT2D eigenvalue weighted by atomic mass is 35.5. The molecule has 1 aromatic heterocycles. The molecule has 0 spiro atoms. The predicted octanol–water partition coefficient (Wildman–Crippen LogP) is 1.44. The maximum Gasteiger partial charge on any atom is 0.317 e. The van der Waals surface area contributed by atoms with Crippen molar-refractivity contribution < 1.29 is 14.6 Å². The third kappa shape index (κ3) is 3.46. The fourth-order valence-electron chi connectivity index (χ4n) is 1.69. The molecule has 0 fully saturated rings. The van der Waals surface area contributed by atoms with Gasteiger partial charge in [0.2, 0.25) is 0 Å². The van der Waals surface area contributed by atoms with Crippen LogP contribution in [0.5, 0.6) is 0 Å². The summed E-state index contributed by atoms with van der Waals surface area (Å²) >= 11 is 5.75. The Labute approximate surface area is 121 Å². The van der Waals surface area contributed by atoms with Crippen molar-refractivity contribution in [3.05, 3.63) is 70.1 Å². The molecule has 2 N–H and O–H groups in total. The Morgan fingerprint density at radius 3 is 2.65 bits per heavy atom. The summed E-state index contributed by atoms with van der Waals surface area (Å²) in [5.74, 6) is -0.534. The summed E-state index contributed by atoms with van der Waals surface area (Å²) in [6, 6.07) is 11.2. The van der Waals surface area contributed by atoms with Crippen LogP contribution in [0.3, 0.4) is 0 Å². The largest absolute Gasteiger partial charge is 0.618 e. The zero-order chi connectivity index (χ0) is 14.5. The Balaban J connectivity index is 1.97. The Bertz CT molecular complexity index is 602. The molecule has 0 aliphatic heterocycles. The normalized spacial score (nSPS) is 11.9. The first-order valence-corrected chi connectivity index (χ1v) is 6.35. The Hall–Kier alpha value is -2.11. The van der Waals surface area contributed by atoms with E-state index in [-0.39, 0.29) is 12.2 Å². The lowest BCUT2D eigenvalue weighted by molar-refractivity contribution is -0.607. The molecule has 1 aromatic carbocycles. The van der Waals surface area contributed by atoms with Crippen LogP contribution in [0.15, 0.2) is 48.7 Å². The Morgan fingerprint density at radius 1 is 1.30 bits per heavy atom. The van der Waals surface area contributed by atoms with Gasteiger partial charge in [-0.3, -0.25) is 4.79 Å². The lowest BCUT2D eigenvalue weighted by atomic mass is 10.1. The number of carbonyl (C=O) groups excluding carboxylic acids is 1. The third-order valence-corrected chi connectivity index (χ3v) is 3.02. The Kier molecular flexibility index (Phi) is 4.55. The quantitative estimate of drug-likeness (QED) is 0.661. The maximum atomic E-state index is 11.8. The fraction of sp³-hybridized carbons (Fsp3) is 0.143. The first-order chi connectivity index (χ1) is 9.58. The summed E-state index contributed by atoms with van der Waals surface area (Å²) in [7, 11) is 0. The number of aliphatic hydroxyl groups excluding tert-OH is 1. The predicted molar refractivity (Wildman–Crippen MR) is 74.1 cm³/mol. The summed E-state index contributed by atoms with van der Waals surface area (Å²) in [6.45, 7) is 0.00929. The number of nitrogens with zero attached hydrogens (tertiary/aromatic N) is 1. The van der Waals surface area contributed by atoms with Gasteiger partial charge < -0.3 is 15.6 Å². The van der Waals surface area contributed by atoms with Crippen LogP contribution >= 0.6 is 11.6 Å². The molecule has 104 valence electrons. The zero-order valence-corrected chi connectivity index (χ0v) is 11.2. The maximum absolute atomic E-state index is 11.8. The van der Waals surface area contributed by atoms with Gasteiger partial charge in [0.25, 0.3) is 5.69 Å². The van der Waals surface area contributed by atoms with Gasteiger partial charge in [-0.25, -0.2) is 0 Å². The second kappa shape index (κ2) is 6.36. The number of halogens is 1. The molecule has 1 heterocycles.